The summed E-state index contributed by atoms with van der Waals surface area (Å²) in [4.78, 5) is 37.5. The lowest BCUT2D eigenvalue weighted by Crippen LogP contribution is -2.37. The first-order valence-corrected chi connectivity index (χ1v) is 7.80. The van der Waals surface area contributed by atoms with Gasteiger partial charge in [0, 0.05) is 6.54 Å². The van der Waals surface area contributed by atoms with E-state index >= 15 is 0 Å². The third kappa shape index (κ3) is 3.52. The molecule has 6 heteroatoms. The summed E-state index contributed by atoms with van der Waals surface area (Å²) in [6.45, 7) is -0.265. The number of ketones is 1. The lowest BCUT2D eigenvalue weighted by molar-refractivity contribution is -0.148. The Labute approximate surface area is 145 Å². The molecule has 25 heavy (non-hydrogen) atoms. The fourth-order valence-electron chi connectivity index (χ4n) is 2.68. The molecule has 1 fully saturated rings. The van der Waals surface area contributed by atoms with Gasteiger partial charge in [-0.3, -0.25) is 19.3 Å². The van der Waals surface area contributed by atoms with Crippen molar-refractivity contribution >= 4 is 17.6 Å². The lowest BCUT2D eigenvalue weighted by atomic mass is 9.97. The number of Topliss-reactive ketones (excluding diaryl/α,β-unsaturated/α-hetero) is 1. The molecule has 0 aromatic heterocycles. The molecular weight excluding hydrogens is 322 g/mol. The summed E-state index contributed by atoms with van der Waals surface area (Å²) in [5.74, 6) is -1.34. The van der Waals surface area contributed by atoms with Gasteiger partial charge in [0.2, 0.25) is 5.78 Å². The zero-order valence-corrected chi connectivity index (χ0v) is 13.7. The van der Waals surface area contributed by atoms with E-state index in [-0.39, 0.29) is 13.2 Å². The van der Waals surface area contributed by atoms with Crippen LogP contribution in [0.25, 0.3) is 0 Å². The Kier molecular flexibility index (Phi) is 4.79. The highest BCUT2D eigenvalue weighted by Crippen LogP contribution is 2.25. The molecule has 6 nitrogen and oxygen atoms in total. The standard InChI is InChI=1S/C19H17NO5/c1-24-14-7-9-15(10-8-14)25-12-17(21)20-11-16(18(22)19(20)23)13-5-3-2-4-6-13/h2-10,16H,11-12H2,1H3/t16-/m1/s1. The van der Waals surface area contributed by atoms with Crippen molar-refractivity contribution < 1.29 is 23.9 Å². The van der Waals surface area contributed by atoms with Crippen molar-refractivity contribution in [1.29, 1.82) is 0 Å². The highest BCUT2D eigenvalue weighted by atomic mass is 16.5. The second-order valence-electron chi connectivity index (χ2n) is 5.60. The maximum atomic E-state index is 12.3. The molecule has 2 amide bonds. The van der Waals surface area contributed by atoms with Crippen molar-refractivity contribution in [3.05, 3.63) is 60.2 Å². The summed E-state index contributed by atoms with van der Waals surface area (Å²) in [5, 5.41) is 0. The zero-order chi connectivity index (χ0) is 17.8. The molecule has 0 saturated carbocycles. The molecule has 2 aromatic carbocycles. The van der Waals surface area contributed by atoms with Crippen molar-refractivity contribution in [3.63, 3.8) is 0 Å². The van der Waals surface area contributed by atoms with Crippen LogP contribution < -0.4 is 9.47 Å². The number of hydrogen-bond acceptors (Lipinski definition) is 5. The average Bonchev–Trinajstić information content (AvgIpc) is 2.96. The zero-order valence-electron chi connectivity index (χ0n) is 13.7. The van der Waals surface area contributed by atoms with E-state index in [1.54, 1.807) is 55.6 Å². The molecule has 1 heterocycles. The number of likely N-dealkylation sites (tertiary alicyclic amines) is 1. The van der Waals surface area contributed by atoms with Gasteiger partial charge in [0.15, 0.2) is 6.61 Å². The van der Waals surface area contributed by atoms with Gasteiger partial charge in [-0.15, -0.1) is 0 Å². The van der Waals surface area contributed by atoms with Crippen LogP contribution in [0.5, 0.6) is 11.5 Å². The molecule has 1 saturated heterocycles. The summed E-state index contributed by atoms with van der Waals surface area (Å²) in [6.07, 6.45) is 0. The van der Waals surface area contributed by atoms with Crippen molar-refractivity contribution in [2.75, 3.05) is 20.3 Å². The number of carbonyl (C=O) groups excluding carboxylic acids is 3. The van der Waals surface area contributed by atoms with Gasteiger partial charge in [-0.1, -0.05) is 30.3 Å². The van der Waals surface area contributed by atoms with Crippen LogP contribution in [0.4, 0.5) is 0 Å². The molecule has 0 unspecified atom stereocenters. The number of methoxy groups -OCH3 is 1. The molecule has 0 N–H and O–H groups in total. The monoisotopic (exact) mass is 339 g/mol. The van der Waals surface area contributed by atoms with Crippen LogP contribution in [0, 0.1) is 0 Å². The van der Waals surface area contributed by atoms with Gasteiger partial charge < -0.3 is 9.47 Å². The quantitative estimate of drug-likeness (QED) is 0.777. The number of benzene rings is 2. The van der Waals surface area contributed by atoms with Crippen LogP contribution in [-0.2, 0) is 14.4 Å². The molecule has 0 bridgehead atoms. The van der Waals surface area contributed by atoms with E-state index in [4.69, 9.17) is 9.47 Å². The number of rotatable bonds is 5. The first-order valence-electron chi connectivity index (χ1n) is 7.80. The molecule has 0 aliphatic carbocycles. The molecule has 0 radical (unpaired) electrons. The molecule has 1 aliphatic heterocycles. The van der Waals surface area contributed by atoms with Gasteiger partial charge in [0.05, 0.1) is 13.0 Å². The van der Waals surface area contributed by atoms with Gasteiger partial charge in [-0.25, -0.2) is 0 Å². The second-order valence-corrected chi connectivity index (χ2v) is 5.60. The van der Waals surface area contributed by atoms with Crippen LogP contribution >= 0.6 is 0 Å². The number of hydrogen-bond donors (Lipinski definition) is 0. The number of carbonyl (C=O) groups is 3. The molecule has 0 spiro atoms. The smallest absolute Gasteiger partial charge is 0.297 e. The topological polar surface area (TPSA) is 72.9 Å². The third-order valence-corrected chi connectivity index (χ3v) is 4.06. The number of imide groups is 1. The van der Waals surface area contributed by atoms with E-state index in [1.165, 1.54) is 0 Å². The van der Waals surface area contributed by atoms with Crippen LogP contribution in [0.3, 0.4) is 0 Å². The third-order valence-electron chi connectivity index (χ3n) is 4.06. The van der Waals surface area contributed by atoms with E-state index in [1.807, 2.05) is 6.07 Å². The largest absolute Gasteiger partial charge is 0.497 e. The minimum Gasteiger partial charge on any atom is -0.497 e. The van der Waals surface area contributed by atoms with E-state index in [9.17, 15) is 14.4 Å². The lowest BCUT2D eigenvalue weighted by Gasteiger charge is -2.14. The van der Waals surface area contributed by atoms with E-state index < -0.39 is 23.5 Å². The van der Waals surface area contributed by atoms with Crippen molar-refractivity contribution in [1.82, 2.24) is 4.90 Å². The highest BCUT2D eigenvalue weighted by molar-refractivity contribution is 6.42. The maximum absolute atomic E-state index is 12.3. The van der Waals surface area contributed by atoms with Gasteiger partial charge in [0.25, 0.3) is 11.8 Å². The van der Waals surface area contributed by atoms with Gasteiger partial charge in [-0.05, 0) is 29.8 Å². The Morgan fingerprint density at radius 3 is 2.32 bits per heavy atom. The van der Waals surface area contributed by atoms with E-state index in [0.717, 1.165) is 10.5 Å². The van der Waals surface area contributed by atoms with Crippen LogP contribution in [0.1, 0.15) is 11.5 Å². The SMILES string of the molecule is COc1ccc(OCC(=O)N2C[C@H](c3ccccc3)C(=O)C2=O)cc1. The highest BCUT2D eigenvalue weighted by Gasteiger charge is 2.42. The van der Waals surface area contributed by atoms with Crippen LogP contribution in [0.15, 0.2) is 54.6 Å². The minimum atomic E-state index is -0.780. The molecule has 3 rings (SSSR count). The summed E-state index contributed by atoms with van der Waals surface area (Å²) >= 11 is 0. The second kappa shape index (κ2) is 7.17. The molecular formula is C19H17NO5. The first kappa shape index (κ1) is 16.7. The first-order chi connectivity index (χ1) is 12.1. The Morgan fingerprint density at radius 2 is 1.68 bits per heavy atom. The van der Waals surface area contributed by atoms with Gasteiger partial charge in [-0.2, -0.15) is 0 Å². The predicted molar refractivity (Wildman–Crippen MR) is 89.4 cm³/mol. The van der Waals surface area contributed by atoms with Crippen molar-refractivity contribution in [2.24, 2.45) is 0 Å². The molecule has 128 valence electrons. The Morgan fingerprint density at radius 1 is 1.04 bits per heavy atom. The normalized spacial score (nSPS) is 16.8. The Bertz CT molecular complexity index is 785. The number of amides is 2. The molecule has 2 aromatic rings. The fraction of sp³-hybridized carbons (Fsp3) is 0.211. The minimum absolute atomic E-state index is 0.0481. The van der Waals surface area contributed by atoms with Gasteiger partial charge >= 0.3 is 0 Å². The van der Waals surface area contributed by atoms with Crippen LogP contribution in [-0.4, -0.2) is 42.8 Å². The summed E-state index contributed by atoms with van der Waals surface area (Å²) in [6, 6.07) is 15.7. The number of nitrogens with zero attached hydrogens (tertiary/aromatic N) is 1. The Hall–Kier alpha value is -3.15. The van der Waals surface area contributed by atoms with E-state index in [0.29, 0.717) is 11.5 Å². The van der Waals surface area contributed by atoms with Crippen LogP contribution in [0.2, 0.25) is 0 Å². The average molecular weight is 339 g/mol. The molecule has 1 aliphatic rings. The summed E-state index contributed by atoms with van der Waals surface area (Å²) in [7, 11) is 1.55. The fourth-order valence-corrected chi connectivity index (χ4v) is 2.68. The summed E-state index contributed by atoms with van der Waals surface area (Å²) in [5.41, 5.74) is 0.729. The predicted octanol–water partition coefficient (Wildman–Crippen LogP) is 1.80. The molecule has 1 atom stereocenters. The maximum Gasteiger partial charge on any atom is 0.297 e. The number of ether oxygens (including phenoxy) is 2. The van der Waals surface area contributed by atoms with Crippen molar-refractivity contribution in [2.45, 2.75) is 5.92 Å². The van der Waals surface area contributed by atoms with E-state index in [2.05, 4.69) is 0 Å². The van der Waals surface area contributed by atoms with Gasteiger partial charge in [0.1, 0.15) is 11.5 Å². The van der Waals surface area contributed by atoms with Crippen molar-refractivity contribution in [3.8, 4) is 11.5 Å². The summed E-state index contributed by atoms with van der Waals surface area (Å²) < 4.78 is 10.4. The Balaban J connectivity index is 1.64.